The zero-order chi connectivity index (χ0) is 26.7. The number of carbonyl (C=O) groups excluding carboxylic acids is 2. The lowest BCUT2D eigenvalue weighted by atomic mass is 10.0. The molecule has 2 N–H and O–H groups in total. The van der Waals surface area contributed by atoms with E-state index >= 15 is 0 Å². The molecule has 1 saturated heterocycles. The first kappa shape index (κ1) is 25.9. The van der Waals surface area contributed by atoms with Crippen molar-refractivity contribution in [1.82, 2.24) is 24.9 Å². The highest BCUT2D eigenvalue weighted by molar-refractivity contribution is 5.95. The summed E-state index contributed by atoms with van der Waals surface area (Å²) in [6, 6.07) is 6.26. The number of aryl methyl sites for hydroxylation is 1. The number of primary amides is 1. The lowest BCUT2D eigenvalue weighted by Gasteiger charge is -2.34. The summed E-state index contributed by atoms with van der Waals surface area (Å²) >= 11 is 0. The number of halogens is 4. The SMILES string of the molecule is Cn1cc(-c2cc(C(N)=O)c(OC3CCN(C(=O)Cc4ccc(OC(F)(F)F)cc4)C[C@@H]3F)nn2)cn1. The van der Waals surface area contributed by atoms with Gasteiger partial charge < -0.3 is 20.1 Å². The van der Waals surface area contributed by atoms with Gasteiger partial charge in [0, 0.05) is 31.8 Å². The maximum Gasteiger partial charge on any atom is 0.573 e. The number of hydrogen-bond donors (Lipinski definition) is 1. The number of carbonyl (C=O) groups is 2. The van der Waals surface area contributed by atoms with Crippen LogP contribution in [0.5, 0.6) is 11.6 Å². The Labute approximate surface area is 208 Å². The van der Waals surface area contributed by atoms with Gasteiger partial charge >= 0.3 is 6.36 Å². The Balaban J connectivity index is 1.37. The highest BCUT2D eigenvalue weighted by Gasteiger charge is 2.34. The Bertz CT molecular complexity index is 1280. The molecule has 0 aliphatic carbocycles. The summed E-state index contributed by atoms with van der Waals surface area (Å²) in [7, 11) is 1.71. The van der Waals surface area contributed by atoms with Crippen molar-refractivity contribution in [2.45, 2.75) is 31.5 Å². The van der Waals surface area contributed by atoms with E-state index in [1.807, 2.05) is 0 Å². The van der Waals surface area contributed by atoms with Gasteiger partial charge in [-0.2, -0.15) is 5.10 Å². The number of amides is 2. The van der Waals surface area contributed by atoms with Gasteiger partial charge in [-0.25, -0.2) is 4.39 Å². The summed E-state index contributed by atoms with van der Waals surface area (Å²) in [4.78, 5) is 25.9. The van der Waals surface area contributed by atoms with Gasteiger partial charge in [0.1, 0.15) is 17.4 Å². The molecule has 196 valence electrons. The van der Waals surface area contributed by atoms with Gasteiger partial charge in [0.05, 0.1) is 24.9 Å². The van der Waals surface area contributed by atoms with Crippen molar-refractivity contribution >= 4 is 11.8 Å². The molecule has 14 heteroatoms. The summed E-state index contributed by atoms with van der Waals surface area (Å²) < 4.78 is 62.8. The Morgan fingerprint density at radius 3 is 2.51 bits per heavy atom. The minimum Gasteiger partial charge on any atom is -0.469 e. The third kappa shape index (κ3) is 6.51. The zero-order valence-corrected chi connectivity index (χ0v) is 19.5. The number of likely N-dealkylation sites (tertiary alicyclic amines) is 1. The van der Waals surface area contributed by atoms with Gasteiger partial charge in [0.15, 0.2) is 6.17 Å². The molecule has 10 nitrogen and oxygen atoms in total. The van der Waals surface area contributed by atoms with Crippen LogP contribution in [-0.4, -0.2) is 68.4 Å². The van der Waals surface area contributed by atoms with Crippen LogP contribution in [0, 0.1) is 0 Å². The van der Waals surface area contributed by atoms with E-state index in [4.69, 9.17) is 10.5 Å². The minimum atomic E-state index is -4.81. The second-order valence-corrected chi connectivity index (χ2v) is 8.38. The number of alkyl halides is 4. The van der Waals surface area contributed by atoms with Crippen LogP contribution in [0.2, 0.25) is 0 Å². The van der Waals surface area contributed by atoms with Crippen molar-refractivity contribution in [2.24, 2.45) is 12.8 Å². The second-order valence-electron chi connectivity index (χ2n) is 8.38. The molecule has 0 saturated carbocycles. The number of aromatic nitrogens is 4. The van der Waals surface area contributed by atoms with Crippen LogP contribution >= 0.6 is 0 Å². The van der Waals surface area contributed by atoms with Crippen LogP contribution in [0.25, 0.3) is 11.3 Å². The molecule has 3 aromatic rings. The quantitative estimate of drug-likeness (QED) is 0.473. The highest BCUT2D eigenvalue weighted by Crippen LogP contribution is 2.26. The first-order valence-electron chi connectivity index (χ1n) is 11.1. The maximum atomic E-state index is 15.0. The monoisotopic (exact) mass is 522 g/mol. The minimum absolute atomic E-state index is 0.0718. The van der Waals surface area contributed by atoms with Gasteiger partial charge in [0.2, 0.25) is 11.8 Å². The molecule has 0 spiro atoms. The highest BCUT2D eigenvalue weighted by atomic mass is 19.4. The van der Waals surface area contributed by atoms with Gasteiger partial charge in [0.25, 0.3) is 5.91 Å². The molecular weight excluding hydrogens is 500 g/mol. The fourth-order valence-corrected chi connectivity index (χ4v) is 3.82. The van der Waals surface area contributed by atoms with E-state index in [-0.39, 0.29) is 37.4 Å². The third-order valence-electron chi connectivity index (χ3n) is 5.64. The van der Waals surface area contributed by atoms with Crippen molar-refractivity contribution in [3.05, 3.63) is 53.9 Å². The summed E-state index contributed by atoms with van der Waals surface area (Å²) in [6.45, 7) is -0.113. The number of piperidine rings is 1. The smallest absolute Gasteiger partial charge is 0.469 e. The van der Waals surface area contributed by atoms with Crippen molar-refractivity contribution in [3.63, 3.8) is 0 Å². The number of ether oxygens (including phenoxy) is 2. The summed E-state index contributed by atoms with van der Waals surface area (Å²) in [5.41, 5.74) is 6.78. The number of nitrogens with two attached hydrogens (primary N) is 1. The Morgan fingerprint density at radius 1 is 1.19 bits per heavy atom. The predicted molar refractivity (Wildman–Crippen MR) is 120 cm³/mol. The van der Waals surface area contributed by atoms with Gasteiger partial charge in [-0.1, -0.05) is 12.1 Å². The Hall–Kier alpha value is -4.23. The predicted octanol–water partition coefficient (Wildman–Crippen LogP) is 2.44. The number of nitrogens with zero attached hydrogens (tertiary/aromatic N) is 5. The van der Waals surface area contributed by atoms with E-state index in [2.05, 4.69) is 20.0 Å². The van der Waals surface area contributed by atoms with Crippen molar-refractivity contribution in [2.75, 3.05) is 13.1 Å². The normalized spacial score (nSPS) is 17.9. The number of benzene rings is 1. The molecule has 1 aromatic carbocycles. The maximum absolute atomic E-state index is 15.0. The molecule has 1 aliphatic heterocycles. The summed E-state index contributed by atoms with van der Waals surface area (Å²) in [6.07, 6.45) is -4.23. The van der Waals surface area contributed by atoms with E-state index in [0.717, 1.165) is 12.1 Å². The molecule has 1 aliphatic rings. The van der Waals surface area contributed by atoms with E-state index in [1.165, 1.54) is 29.3 Å². The zero-order valence-electron chi connectivity index (χ0n) is 19.5. The van der Waals surface area contributed by atoms with Crippen LogP contribution in [0.4, 0.5) is 17.6 Å². The van der Waals surface area contributed by atoms with E-state index < -0.39 is 36.2 Å². The standard InChI is InChI=1S/C23H22F4N6O4/c1-32-11-14(10-29-32)18-9-16(21(28)35)22(31-30-18)36-19-6-7-33(12-17(19)24)20(34)8-13-2-4-15(5-3-13)37-23(25,26)27/h2-5,9-11,17,19H,6-8,12H2,1H3,(H2,28,35)/t17-,19?/m0/s1. The van der Waals surface area contributed by atoms with Crippen molar-refractivity contribution < 1.29 is 36.6 Å². The van der Waals surface area contributed by atoms with Gasteiger partial charge in [-0.05, 0) is 23.8 Å². The number of rotatable bonds is 7. The largest absolute Gasteiger partial charge is 0.573 e. The van der Waals surface area contributed by atoms with Gasteiger partial charge in [-0.3, -0.25) is 14.3 Å². The first-order valence-corrected chi connectivity index (χ1v) is 11.1. The molecular formula is C23H22F4N6O4. The van der Waals surface area contributed by atoms with Crippen LogP contribution in [0.15, 0.2) is 42.7 Å². The molecule has 37 heavy (non-hydrogen) atoms. The van der Waals surface area contributed by atoms with E-state index in [0.29, 0.717) is 16.8 Å². The lowest BCUT2D eigenvalue weighted by molar-refractivity contribution is -0.274. The van der Waals surface area contributed by atoms with E-state index in [9.17, 15) is 27.2 Å². The third-order valence-corrected chi connectivity index (χ3v) is 5.64. The molecule has 3 heterocycles. The summed E-state index contributed by atoms with van der Waals surface area (Å²) in [5, 5.41) is 12.0. The Morgan fingerprint density at radius 2 is 1.92 bits per heavy atom. The first-order chi connectivity index (χ1) is 17.5. The Kier molecular flexibility index (Phi) is 7.27. The fraction of sp³-hybridized carbons (Fsp3) is 0.348. The van der Waals surface area contributed by atoms with Crippen LogP contribution < -0.4 is 15.2 Å². The molecule has 1 fully saturated rings. The number of hydrogen-bond acceptors (Lipinski definition) is 7. The molecule has 1 unspecified atom stereocenters. The van der Waals surface area contributed by atoms with Crippen LogP contribution in [0.3, 0.4) is 0 Å². The van der Waals surface area contributed by atoms with Crippen molar-refractivity contribution in [3.8, 4) is 22.9 Å². The molecule has 4 rings (SSSR count). The lowest BCUT2D eigenvalue weighted by Crippen LogP contribution is -2.49. The fourth-order valence-electron chi connectivity index (χ4n) is 3.82. The van der Waals surface area contributed by atoms with Crippen molar-refractivity contribution in [1.29, 1.82) is 0 Å². The van der Waals surface area contributed by atoms with E-state index in [1.54, 1.807) is 17.9 Å². The molecule has 2 atom stereocenters. The van der Waals surface area contributed by atoms with Gasteiger partial charge in [-0.15, -0.1) is 23.4 Å². The molecule has 0 bridgehead atoms. The average molecular weight is 522 g/mol. The average Bonchev–Trinajstić information content (AvgIpc) is 3.27. The van der Waals surface area contributed by atoms with Crippen LogP contribution in [0.1, 0.15) is 22.3 Å². The second kappa shape index (κ2) is 10.4. The van der Waals surface area contributed by atoms with Crippen LogP contribution in [-0.2, 0) is 18.3 Å². The molecule has 0 radical (unpaired) electrons. The molecule has 2 amide bonds. The summed E-state index contributed by atoms with van der Waals surface area (Å²) in [5.74, 6) is -1.85. The molecule has 2 aromatic heterocycles. The topological polar surface area (TPSA) is 125 Å².